The quantitative estimate of drug-likeness (QED) is 0.455. The number of benzene rings is 2. The lowest BCUT2D eigenvalue weighted by molar-refractivity contribution is -0.142. The highest BCUT2D eigenvalue weighted by Crippen LogP contribution is 2.28. The molecule has 0 aliphatic rings. The summed E-state index contributed by atoms with van der Waals surface area (Å²) in [5.74, 6) is -0.167. The largest absolute Gasteiger partial charge is 0.493 e. The Kier molecular flexibility index (Phi) is 7.96. The number of ether oxygens (including phenoxy) is 3. The highest BCUT2D eigenvalue weighted by Gasteiger charge is 2.09. The van der Waals surface area contributed by atoms with Gasteiger partial charge in [0.05, 0.1) is 18.6 Å². The van der Waals surface area contributed by atoms with Gasteiger partial charge in [0.25, 0.3) is 5.91 Å². The molecule has 3 N–H and O–H groups in total. The van der Waals surface area contributed by atoms with Crippen molar-refractivity contribution in [2.45, 2.75) is 11.8 Å². The molecule has 0 spiro atoms. The van der Waals surface area contributed by atoms with Crippen LogP contribution in [0.4, 0.5) is 5.69 Å². The summed E-state index contributed by atoms with van der Waals surface area (Å²) in [4.78, 5) is 23.6. The van der Waals surface area contributed by atoms with Crippen LogP contribution in [-0.4, -0.2) is 40.6 Å². The van der Waals surface area contributed by atoms with Crippen LogP contribution in [0.2, 0.25) is 0 Å². The van der Waals surface area contributed by atoms with Gasteiger partial charge in [-0.1, -0.05) is 6.07 Å². The Hall–Kier alpha value is -3.37. The highest BCUT2D eigenvalue weighted by molar-refractivity contribution is 7.89. The maximum Gasteiger partial charge on any atom is 0.331 e. The number of rotatable bonds is 9. The van der Waals surface area contributed by atoms with Gasteiger partial charge in [0.1, 0.15) is 0 Å². The van der Waals surface area contributed by atoms with Crippen molar-refractivity contribution in [1.82, 2.24) is 0 Å². The lowest BCUT2D eigenvalue weighted by Crippen LogP contribution is -2.20. The summed E-state index contributed by atoms with van der Waals surface area (Å²) in [7, 11) is -2.30. The van der Waals surface area contributed by atoms with E-state index in [0.717, 1.165) is 0 Å². The normalized spacial score (nSPS) is 11.2. The predicted molar refractivity (Wildman–Crippen MR) is 111 cm³/mol. The van der Waals surface area contributed by atoms with E-state index in [9.17, 15) is 18.0 Å². The zero-order chi connectivity index (χ0) is 22.1. The average molecular weight is 434 g/mol. The van der Waals surface area contributed by atoms with Crippen molar-refractivity contribution in [2.75, 3.05) is 25.6 Å². The minimum absolute atomic E-state index is 0.0806. The molecule has 0 unspecified atom stereocenters. The van der Waals surface area contributed by atoms with Crippen LogP contribution in [0.5, 0.6) is 11.5 Å². The molecular weight excluding hydrogens is 412 g/mol. The summed E-state index contributed by atoms with van der Waals surface area (Å²) in [6, 6.07) is 10.4. The number of sulfonamides is 1. The number of hydrogen-bond acceptors (Lipinski definition) is 7. The summed E-state index contributed by atoms with van der Waals surface area (Å²) in [6.07, 6.45) is 2.70. The molecule has 0 radical (unpaired) electrons. The van der Waals surface area contributed by atoms with Crippen LogP contribution >= 0.6 is 0 Å². The van der Waals surface area contributed by atoms with Crippen LogP contribution in [0.1, 0.15) is 12.5 Å². The number of methoxy groups -OCH3 is 1. The first-order valence-electron chi connectivity index (χ1n) is 8.81. The summed E-state index contributed by atoms with van der Waals surface area (Å²) in [5.41, 5.74) is 1.02. The zero-order valence-electron chi connectivity index (χ0n) is 16.5. The van der Waals surface area contributed by atoms with Gasteiger partial charge < -0.3 is 19.5 Å². The minimum Gasteiger partial charge on any atom is -0.493 e. The Balaban J connectivity index is 1.87. The Bertz CT molecular complexity index is 1030. The van der Waals surface area contributed by atoms with E-state index in [1.54, 1.807) is 18.2 Å². The molecule has 0 aliphatic carbocycles. The second-order valence-electron chi connectivity index (χ2n) is 5.90. The Labute approximate surface area is 174 Å². The molecule has 2 rings (SSSR count). The van der Waals surface area contributed by atoms with Gasteiger partial charge in [-0.3, -0.25) is 4.79 Å². The van der Waals surface area contributed by atoms with Gasteiger partial charge in [-0.05, 0) is 55.0 Å². The van der Waals surface area contributed by atoms with E-state index in [2.05, 4.69) is 5.32 Å². The lowest BCUT2D eigenvalue weighted by atomic mass is 10.2. The van der Waals surface area contributed by atoms with Crippen molar-refractivity contribution in [3.8, 4) is 11.5 Å². The van der Waals surface area contributed by atoms with Crippen molar-refractivity contribution >= 4 is 33.7 Å². The van der Waals surface area contributed by atoms with E-state index in [4.69, 9.17) is 19.3 Å². The van der Waals surface area contributed by atoms with Crippen LogP contribution in [0, 0.1) is 0 Å². The maximum absolute atomic E-state index is 11.9. The SMILES string of the molecule is CCOc1ccc(/C=C/C(=O)OCC(=O)Nc2ccc(S(N)(=O)=O)cc2)cc1OC. The molecule has 0 saturated carbocycles. The fourth-order valence-electron chi connectivity index (χ4n) is 2.34. The third-order valence-corrected chi connectivity index (χ3v) is 4.64. The molecule has 2 aromatic carbocycles. The Morgan fingerprint density at radius 3 is 2.40 bits per heavy atom. The van der Waals surface area contributed by atoms with Crippen LogP contribution < -0.4 is 19.9 Å². The predicted octanol–water partition coefficient (Wildman–Crippen LogP) is 1.94. The first kappa shape index (κ1) is 22.9. The van der Waals surface area contributed by atoms with Gasteiger partial charge in [-0.15, -0.1) is 0 Å². The second-order valence-corrected chi connectivity index (χ2v) is 7.46. The standard InChI is InChI=1S/C20H22N2O7S/c1-3-28-17-10-4-14(12-18(17)27-2)5-11-20(24)29-13-19(23)22-15-6-8-16(9-7-15)30(21,25)26/h4-12H,3,13H2,1-2H3,(H,22,23)(H2,21,25,26)/b11-5+. The Morgan fingerprint density at radius 1 is 1.10 bits per heavy atom. The van der Waals surface area contributed by atoms with Gasteiger partial charge in [0, 0.05) is 11.8 Å². The highest BCUT2D eigenvalue weighted by atomic mass is 32.2. The number of carbonyl (C=O) groups excluding carboxylic acids is 2. The topological polar surface area (TPSA) is 134 Å². The zero-order valence-corrected chi connectivity index (χ0v) is 17.3. The van der Waals surface area contributed by atoms with E-state index in [-0.39, 0.29) is 4.90 Å². The van der Waals surface area contributed by atoms with Crippen molar-refractivity contribution in [2.24, 2.45) is 5.14 Å². The molecule has 10 heteroatoms. The molecule has 30 heavy (non-hydrogen) atoms. The number of carbonyl (C=O) groups is 2. The van der Waals surface area contributed by atoms with E-state index in [1.165, 1.54) is 43.5 Å². The summed E-state index contributed by atoms with van der Waals surface area (Å²) in [5, 5.41) is 7.48. The first-order chi connectivity index (χ1) is 14.2. The van der Waals surface area contributed by atoms with Gasteiger partial charge in [-0.25, -0.2) is 18.4 Å². The third-order valence-electron chi connectivity index (χ3n) is 3.71. The van der Waals surface area contributed by atoms with Crippen molar-refractivity contribution in [1.29, 1.82) is 0 Å². The monoisotopic (exact) mass is 434 g/mol. The van der Waals surface area contributed by atoms with Crippen molar-refractivity contribution in [3.63, 3.8) is 0 Å². The summed E-state index contributed by atoms with van der Waals surface area (Å²) < 4.78 is 38.0. The molecule has 0 saturated heterocycles. The number of anilines is 1. The number of primary sulfonamides is 1. The lowest BCUT2D eigenvalue weighted by Gasteiger charge is -2.09. The molecule has 0 atom stereocenters. The number of nitrogens with one attached hydrogen (secondary N) is 1. The van der Waals surface area contributed by atoms with E-state index < -0.39 is 28.5 Å². The molecule has 160 valence electrons. The van der Waals surface area contributed by atoms with Crippen LogP contribution in [0.3, 0.4) is 0 Å². The number of esters is 1. The smallest absolute Gasteiger partial charge is 0.331 e. The van der Waals surface area contributed by atoms with Gasteiger partial charge in [0.2, 0.25) is 10.0 Å². The van der Waals surface area contributed by atoms with Crippen LogP contribution in [-0.2, 0) is 24.3 Å². The second kappa shape index (κ2) is 10.4. The van der Waals surface area contributed by atoms with Crippen molar-refractivity contribution in [3.05, 3.63) is 54.1 Å². The molecule has 9 nitrogen and oxygen atoms in total. The molecular formula is C20H22N2O7S. The molecule has 0 heterocycles. The fourth-order valence-corrected chi connectivity index (χ4v) is 2.85. The Morgan fingerprint density at radius 2 is 1.80 bits per heavy atom. The van der Waals surface area contributed by atoms with Gasteiger partial charge in [0.15, 0.2) is 18.1 Å². The number of hydrogen-bond donors (Lipinski definition) is 2. The maximum atomic E-state index is 11.9. The van der Waals surface area contributed by atoms with Gasteiger partial charge in [-0.2, -0.15) is 0 Å². The van der Waals surface area contributed by atoms with E-state index in [0.29, 0.717) is 29.4 Å². The van der Waals surface area contributed by atoms with Gasteiger partial charge >= 0.3 is 5.97 Å². The number of amides is 1. The molecule has 0 fully saturated rings. The van der Waals surface area contributed by atoms with Crippen LogP contribution in [0.15, 0.2) is 53.4 Å². The van der Waals surface area contributed by atoms with E-state index >= 15 is 0 Å². The molecule has 1 amide bonds. The molecule has 0 aromatic heterocycles. The number of nitrogens with two attached hydrogens (primary N) is 1. The summed E-state index contributed by atoms with van der Waals surface area (Å²) >= 11 is 0. The first-order valence-corrected chi connectivity index (χ1v) is 10.4. The average Bonchev–Trinajstić information content (AvgIpc) is 2.71. The van der Waals surface area contributed by atoms with E-state index in [1.807, 2.05) is 6.92 Å². The minimum atomic E-state index is -3.81. The summed E-state index contributed by atoms with van der Waals surface area (Å²) in [6.45, 7) is 1.85. The third kappa shape index (κ3) is 6.90. The fraction of sp³-hybridized carbons (Fsp3) is 0.200. The van der Waals surface area contributed by atoms with Crippen LogP contribution in [0.25, 0.3) is 6.08 Å². The molecule has 2 aromatic rings. The van der Waals surface area contributed by atoms with Crippen molar-refractivity contribution < 1.29 is 32.2 Å². The molecule has 0 aliphatic heterocycles. The molecule has 0 bridgehead atoms.